The van der Waals surface area contributed by atoms with Crippen molar-refractivity contribution in [3.05, 3.63) is 35.9 Å². The fourth-order valence-corrected chi connectivity index (χ4v) is 6.16. The molecule has 0 bridgehead atoms. The summed E-state index contributed by atoms with van der Waals surface area (Å²) in [6.45, 7) is -1.11. The smallest absolute Gasteiger partial charge is 0.390 e. The lowest BCUT2D eigenvalue weighted by atomic mass is 9.82. The lowest BCUT2D eigenvalue weighted by Gasteiger charge is -2.33. The van der Waals surface area contributed by atoms with Crippen molar-refractivity contribution < 1.29 is 37.8 Å². The number of alkyl halides is 3. The van der Waals surface area contributed by atoms with Crippen LogP contribution in [-0.2, 0) is 20.8 Å². The molecule has 0 heterocycles. The first-order valence-corrected chi connectivity index (χ1v) is 17.1. The van der Waals surface area contributed by atoms with Crippen LogP contribution in [0.5, 0.6) is 0 Å². The lowest BCUT2D eigenvalue weighted by molar-refractivity contribution is -0.144. The van der Waals surface area contributed by atoms with Crippen LogP contribution in [0, 0.1) is 36.5 Å². The number of nitrogens with zero attached hydrogens (tertiary/aromatic N) is 2. The molecule has 0 aromatic heterocycles. The van der Waals surface area contributed by atoms with Crippen LogP contribution in [0.2, 0.25) is 0 Å². The van der Waals surface area contributed by atoms with Crippen LogP contribution in [0.3, 0.4) is 0 Å². The van der Waals surface area contributed by atoms with Crippen molar-refractivity contribution in [3.8, 4) is 24.7 Å². The second-order valence-corrected chi connectivity index (χ2v) is 13.2. The first kappa shape index (κ1) is 41.6. The standard InChI is InChI=1S/C37H53F3N4O5/c1-5-7-19-30(36(49)42-31(24-28-17-13-10-14-18-28)34(47)32(45)20-8-6-2)41-35(48)29(23-27-15-11-9-12-16-27)25-33(46)44(4)22-21-43(3)26-37(38,39)40/h1-2,9,11-12,15-16,28-32,34,45,47H,7-8,10,13-14,17-26H2,3-4H3,(H,41,48)(H,42,49)/t29?,30-,31?,32?,34+/m0/s1. The molecule has 2 rings (SSSR count). The monoisotopic (exact) mass is 690 g/mol. The zero-order valence-corrected chi connectivity index (χ0v) is 28.8. The highest BCUT2D eigenvalue weighted by molar-refractivity contribution is 5.91. The molecular weight excluding hydrogens is 637 g/mol. The summed E-state index contributed by atoms with van der Waals surface area (Å²) < 4.78 is 38.3. The van der Waals surface area contributed by atoms with Crippen molar-refractivity contribution >= 4 is 17.7 Å². The molecule has 9 nitrogen and oxygen atoms in total. The van der Waals surface area contributed by atoms with Crippen LogP contribution in [0.25, 0.3) is 0 Å². The molecule has 5 atom stereocenters. The van der Waals surface area contributed by atoms with Gasteiger partial charge in [-0.3, -0.25) is 19.3 Å². The Morgan fingerprint density at radius 2 is 1.57 bits per heavy atom. The molecule has 1 fully saturated rings. The molecule has 1 aromatic rings. The number of aliphatic hydroxyl groups is 2. The number of hydrogen-bond donors (Lipinski definition) is 4. The molecule has 3 unspecified atom stereocenters. The van der Waals surface area contributed by atoms with Gasteiger partial charge in [0.1, 0.15) is 12.1 Å². The van der Waals surface area contributed by atoms with E-state index in [0.29, 0.717) is 6.42 Å². The fraction of sp³-hybridized carbons (Fsp3) is 0.649. The first-order chi connectivity index (χ1) is 23.2. The third-order valence-electron chi connectivity index (χ3n) is 9.05. The van der Waals surface area contributed by atoms with Gasteiger partial charge in [-0.25, -0.2) is 0 Å². The topological polar surface area (TPSA) is 122 Å². The second kappa shape index (κ2) is 21.5. The van der Waals surface area contributed by atoms with Gasteiger partial charge in [-0.05, 0) is 44.2 Å². The summed E-state index contributed by atoms with van der Waals surface area (Å²) in [6, 6.07) is 7.16. The third kappa shape index (κ3) is 16.1. The maximum absolute atomic E-state index is 13.8. The van der Waals surface area contributed by atoms with Crippen molar-refractivity contribution in [2.24, 2.45) is 11.8 Å². The van der Waals surface area contributed by atoms with E-state index in [4.69, 9.17) is 12.8 Å². The molecule has 49 heavy (non-hydrogen) atoms. The molecule has 0 aliphatic heterocycles. The Kier molecular flexibility index (Phi) is 18.2. The van der Waals surface area contributed by atoms with Gasteiger partial charge in [0, 0.05) is 39.4 Å². The molecule has 12 heteroatoms. The molecule has 1 aliphatic rings. The van der Waals surface area contributed by atoms with Crippen LogP contribution in [-0.4, -0.2) is 102 Å². The highest BCUT2D eigenvalue weighted by atomic mass is 19.4. The largest absolute Gasteiger partial charge is 0.401 e. The second-order valence-electron chi connectivity index (χ2n) is 13.2. The predicted octanol–water partition coefficient (Wildman–Crippen LogP) is 3.68. The van der Waals surface area contributed by atoms with Crippen LogP contribution >= 0.6 is 0 Å². The number of carbonyl (C=O) groups is 3. The average molecular weight is 691 g/mol. The van der Waals surface area contributed by atoms with Crippen LogP contribution in [0.1, 0.15) is 76.2 Å². The van der Waals surface area contributed by atoms with E-state index < -0.39 is 60.7 Å². The number of nitrogens with one attached hydrogen (secondary N) is 2. The minimum absolute atomic E-state index is 0.0169. The van der Waals surface area contributed by atoms with E-state index in [2.05, 4.69) is 22.5 Å². The Hall–Kier alpha value is -3.58. The van der Waals surface area contributed by atoms with E-state index in [9.17, 15) is 37.8 Å². The molecule has 4 N–H and O–H groups in total. The Morgan fingerprint density at radius 1 is 0.939 bits per heavy atom. The lowest BCUT2D eigenvalue weighted by Crippen LogP contribution is -2.56. The summed E-state index contributed by atoms with van der Waals surface area (Å²) in [5.41, 5.74) is 0.782. The highest BCUT2D eigenvalue weighted by Crippen LogP contribution is 2.29. The number of carbonyl (C=O) groups excluding carboxylic acids is 3. The van der Waals surface area contributed by atoms with Gasteiger partial charge in [-0.15, -0.1) is 24.7 Å². The number of benzene rings is 1. The molecule has 0 radical (unpaired) electrons. The maximum Gasteiger partial charge on any atom is 0.401 e. The minimum Gasteiger partial charge on any atom is -0.390 e. The quantitative estimate of drug-likeness (QED) is 0.155. The molecule has 1 aromatic carbocycles. The number of amides is 3. The van der Waals surface area contributed by atoms with Crippen LogP contribution in [0.4, 0.5) is 13.2 Å². The van der Waals surface area contributed by atoms with Crippen molar-refractivity contribution in [2.45, 2.75) is 108 Å². The van der Waals surface area contributed by atoms with Gasteiger partial charge in [0.05, 0.1) is 24.6 Å². The van der Waals surface area contributed by atoms with Gasteiger partial charge in [0.2, 0.25) is 17.7 Å². The number of likely N-dealkylation sites (N-methyl/N-ethyl adjacent to an activating group) is 2. The van der Waals surface area contributed by atoms with E-state index in [0.717, 1.165) is 42.6 Å². The fourth-order valence-electron chi connectivity index (χ4n) is 6.16. The van der Waals surface area contributed by atoms with E-state index in [1.54, 1.807) is 12.1 Å². The Labute approximate surface area is 289 Å². The van der Waals surface area contributed by atoms with E-state index in [-0.39, 0.29) is 57.5 Å². The summed E-state index contributed by atoms with van der Waals surface area (Å²) in [5, 5.41) is 27.4. The van der Waals surface area contributed by atoms with Gasteiger partial charge in [-0.2, -0.15) is 13.2 Å². The van der Waals surface area contributed by atoms with Crippen molar-refractivity contribution in [2.75, 3.05) is 33.7 Å². The zero-order chi connectivity index (χ0) is 36.4. The van der Waals surface area contributed by atoms with Crippen LogP contribution in [0.15, 0.2) is 30.3 Å². The average Bonchev–Trinajstić information content (AvgIpc) is 3.06. The van der Waals surface area contributed by atoms with E-state index >= 15 is 0 Å². The Morgan fingerprint density at radius 3 is 2.18 bits per heavy atom. The van der Waals surface area contributed by atoms with Crippen molar-refractivity contribution in [1.82, 2.24) is 20.4 Å². The van der Waals surface area contributed by atoms with Gasteiger partial charge in [-0.1, -0.05) is 62.4 Å². The third-order valence-corrected chi connectivity index (χ3v) is 9.05. The zero-order valence-electron chi connectivity index (χ0n) is 28.8. The number of terminal acetylenes is 2. The highest BCUT2D eigenvalue weighted by Gasteiger charge is 2.34. The first-order valence-electron chi connectivity index (χ1n) is 17.1. The molecule has 0 saturated heterocycles. The maximum atomic E-state index is 13.8. The Balaban J connectivity index is 2.22. The molecular formula is C37H53F3N4O5. The summed E-state index contributed by atoms with van der Waals surface area (Å²) >= 11 is 0. The van der Waals surface area contributed by atoms with Gasteiger partial charge < -0.3 is 25.7 Å². The van der Waals surface area contributed by atoms with Crippen molar-refractivity contribution in [3.63, 3.8) is 0 Å². The SMILES string of the molecule is C#CCCC(O)[C@H](O)C(CC1CCCCC1)NC(=O)[C@H](CCC#C)NC(=O)C(CC(=O)N(C)CCN(C)CC(F)(F)F)Cc1ccccc1. The van der Waals surface area contributed by atoms with Gasteiger partial charge in [0.15, 0.2) is 0 Å². The molecule has 0 spiro atoms. The summed E-state index contributed by atoms with van der Waals surface area (Å²) in [5.74, 6) is 2.73. The van der Waals surface area contributed by atoms with E-state index in [1.165, 1.54) is 19.0 Å². The predicted molar refractivity (Wildman–Crippen MR) is 183 cm³/mol. The number of halogens is 3. The molecule has 1 saturated carbocycles. The van der Waals surface area contributed by atoms with E-state index in [1.807, 2.05) is 18.2 Å². The molecule has 3 amide bonds. The number of rotatable bonds is 20. The summed E-state index contributed by atoms with van der Waals surface area (Å²) in [7, 11) is 2.79. The molecule has 1 aliphatic carbocycles. The minimum atomic E-state index is -4.37. The van der Waals surface area contributed by atoms with Gasteiger partial charge in [0.25, 0.3) is 0 Å². The Bertz CT molecular complexity index is 1240. The molecule has 272 valence electrons. The number of aliphatic hydroxyl groups excluding tert-OH is 2. The normalized spacial score (nSPS) is 16.8. The van der Waals surface area contributed by atoms with Crippen LogP contribution < -0.4 is 10.6 Å². The number of hydrogen-bond acceptors (Lipinski definition) is 6. The van der Waals surface area contributed by atoms with Gasteiger partial charge >= 0.3 is 6.18 Å². The van der Waals surface area contributed by atoms with Crippen molar-refractivity contribution in [1.29, 1.82) is 0 Å². The summed E-state index contributed by atoms with van der Waals surface area (Å²) in [4.78, 5) is 43.2. The summed E-state index contributed by atoms with van der Waals surface area (Å²) in [6.07, 6.45) is 10.2.